The lowest BCUT2D eigenvalue weighted by Crippen LogP contribution is -2.50. The topological polar surface area (TPSA) is 138 Å². The third-order valence-corrected chi connectivity index (χ3v) is 5.78. The average Bonchev–Trinajstić information content (AvgIpc) is 2.65. The number of hydrogen-bond acceptors (Lipinski definition) is 6. The first-order valence-electron chi connectivity index (χ1n) is 9.81. The first-order valence-corrected chi connectivity index (χ1v) is 9.81. The van der Waals surface area contributed by atoms with E-state index in [1.54, 1.807) is 6.92 Å². The summed E-state index contributed by atoms with van der Waals surface area (Å²) in [4.78, 5) is 47.2. The number of carbonyl (C=O) groups excluding carboxylic acids is 4. The van der Waals surface area contributed by atoms with E-state index in [9.17, 15) is 29.4 Å². The van der Waals surface area contributed by atoms with E-state index < -0.39 is 41.7 Å². The minimum absolute atomic E-state index is 0.156. The Morgan fingerprint density at radius 3 is 1.63 bits per heavy atom. The summed E-state index contributed by atoms with van der Waals surface area (Å²) in [5.41, 5.74) is 0. The molecule has 0 aromatic carbocycles. The van der Waals surface area contributed by atoms with Gasteiger partial charge in [-0.15, -0.1) is 0 Å². The molecule has 2 aliphatic rings. The van der Waals surface area contributed by atoms with E-state index in [1.807, 2.05) is 0 Å². The summed E-state index contributed by atoms with van der Waals surface area (Å²) in [6.45, 7) is 1.87. The fourth-order valence-electron chi connectivity index (χ4n) is 4.24. The van der Waals surface area contributed by atoms with Gasteiger partial charge in [0.25, 0.3) is 0 Å². The van der Waals surface area contributed by atoms with E-state index in [2.05, 4.69) is 10.6 Å². The molecule has 0 aromatic heterocycles. The molecular formula is C19H28N2O6-2. The van der Waals surface area contributed by atoms with Gasteiger partial charge >= 0.3 is 0 Å². The number of carboxylic acid groups (broad SMARTS) is 2. The molecule has 2 fully saturated rings. The van der Waals surface area contributed by atoms with Crippen LogP contribution in [0.5, 0.6) is 0 Å². The van der Waals surface area contributed by atoms with E-state index in [0.29, 0.717) is 25.7 Å². The van der Waals surface area contributed by atoms with Crippen LogP contribution in [0.1, 0.15) is 58.3 Å². The van der Waals surface area contributed by atoms with Crippen molar-refractivity contribution in [2.75, 3.05) is 6.54 Å². The summed E-state index contributed by atoms with van der Waals surface area (Å²) in [6, 6.07) is -0.393. The smallest absolute Gasteiger partial charge is 0.224 e. The zero-order valence-corrected chi connectivity index (χ0v) is 15.7. The van der Waals surface area contributed by atoms with Crippen LogP contribution in [0.3, 0.4) is 0 Å². The molecule has 27 heavy (non-hydrogen) atoms. The molecule has 8 nitrogen and oxygen atoms in total. The van der Waals surface area contributed by atoms with Crippen molar-refractivity contribution in [3.8, 4) is 0 Å². The average molecular weight is 380 g/mol. The second-order valence-electron chi connectivity index (χ2n) is 7.79. The Hall–Kier alpha value is -2.12. The Labute approximate surface area is 159 Å². The molecule has 2 aliphatic carbocycles. The fraction of sp³-hybridized carbons (Fsp3) is 0.789. The van der Waals surface area contributed by atoms with E-state index in [-0.39, 0.29) is 18.4 Å². The summed E-state index contributed by atoms with van der Waals surface area (Å²) >= 11 is 0. The lowest BCUT2D eigenvalue weighted by molar-refractivity contribution is -0.315. The summed E-state index contributed by atoms with van der Waals surface area (Å²) in [7, 11) is 0. The van der Waals surface area contributed by atoms with Gasteiger partial charge in [0.2, 0.25) is 11.8 Å². The molecule has 0 heterocycles. The van der Waals surface area contributed by atoms with Gasteiger partial charge in [-0.05, 0) is 32.6 Å². The second kappa shape index (κ2) is 9.71. The Balaban J connectivity index is 1.83. The molecule has 2 rings (SSSR count). The lowest BCUT2D eigenvalue weighted by atomic mass is 9.78. The minimum atomic E-state index is -1.19. The first kappa shape index (κ1) is 21.2. The van der Waals surface area contributed by atoms with E-state index in [0.717, 1.165) is 25.7 Å². The highest BCUT2D eigenvalue weighted by Crippen LogP contribution is 2.31. The first-order chi connectivity index (χ1) is 12.8. The zero-order chi connectivity index (χ0) is 20.0. The zero-order valence-electron chi connectivity index (χ0n) is 15.7. The van der Waals surface area contributed by atoms with Crippen LogP contribution in [0, 0.1) is 23.7 Å². The maximum absolute atomic E-state index is 12.4. The Kier molecular flexibility index (Phi) is 7.62. The summed E-state index contributed by atoms with van der Waals surface area (Å²) in [5.74, 6) is -5.81. The molecule has 0 aliphatic heterocycles. The molecule has 0 unspecified atom stereocenters. The van der Waals surface area contributed by atoms with Gasteiger partial charge in [-0.2, -0.15) is 0 Å². The highest BCUT2D eigenvalue weighted by atomic mass is 16.4. The van der Waals surface area contributed by atoms with Crippen molar-refractivity contribution in [1.82, 2.24) is 10.6 Å². The van der Waals surface area contributed by atoms with Gasteiger partial charge in [-0.25, -0.2) is 0 Å². The SMILES string of the molecule is C[C@@H](CNC(=O)[C@H]1CCCC[C@H]1C(=O)[O-])NC(=O)[C@H]1CCCC[C@H]1C(=O)[O-]. The predicted molar refractivity (Wildman–Crippen MR) is 91.5 cm³/mol. The standard InChI is InChI=1S/C19H30N2O6/c1-11(21-17(23)13-7-3-5-9-15(13)19(26)27)10-20-16(22)12-6-2-4-8-14(12)18(24)25/h11-15H,2-10H2,1H3,(H,20,22)(H,21,23)(H,24,25)(H,26,27)/p-2/t11-,12-,13-,14+,15+/m0/s1. The van der Waals surface area contributed by atoms with Crippen LogP contribution in [-0.2, 0) is 19.2 Å². The van der Waals surface area contributed by atoms with Crippen molar-refractivity contribution in [1.29, 1.82) is 0 Å². The molecule has 5 atom stereocenters. The van der Waals surface area contributed by atoms with Crippen molar-refractivity contribution >= 4 is 23.8 Å². The van der Waals surface area contributed by atoms with Crippen LogP contribution in [0.2, 0.25) is 0 Å². The van der Waals surface area contributed by atoms with Crippen molar-refractivity contribution < 1.29 is 29.4 Å². The second-order valence-corrected chi connectivity index (χ2v) is 7.79. The number of carbonyl (C=O) groups is 4. The molecule has 152 valence electrons. The Morgan fingerprint density at radius 2 is 1.19 bits per heavy atom. The summed E-state index contributed by atoms with van der Waals surface area (Å²) < 4.78 is 0. The molecule has 0 radical (unpaired) electrons. The molecule has 0 aromatic rings. The van der Waals surface area contributed by atoms with Crippen LogP contribution >= 0.6 is 0 Å². The van der Waals surface area contributed by atoms with E-state index in [1.165, 1.54) is 0 Å². The number of amides is 2. The van der Waals surface area contributed by atoms with Gasteiger partial charge in [-0.1, -0.05) is 25.7 Å². The Morgan fingerprint density at radius 1 is 0.778 bits per heavy atom. The number of nitrogens with one attached hydrogen (secondary N) is 2. The number of carboxylic acids is 2. The summed E-state index contributed by atoms with van der Waals surface area (Å²) in [6.07, 6.45) is 5.07. The van der Waals surface area contributed by atoms with Gasteiger partial charge in [0.15, 0.2) is 0 Å². The van der Waals surface area contributed by atoms with Gasteiger partial charge in [-0.3, -0.25) is 9.59 Å². The number of hydrogen-bond donors (Lipinski definition) is 2. The minimum Gasteiger partial charge on any atom is -0.550 e. The Bertz CT molecular complexity index is 579. The molecule has 2 amide bonds. The maximum atomic E-state index is 12.4. The van der Waals surface area contributed by atoms with Crippen LogP contribution in [0.4, 0.5) is 0 Å². The molecule has 8 heteroatoms. The fourth-order valence-corrected chi connectivity index (χ4v) is 4.24. The third-order valence-electron chi connectivity index (χ3n) is 5.78. The number of aliphatic carboxylic acids is 2. The molecule has 0 saturated heterocycles. The van der Waals surface area contributed by atoms with Gasteiger partial charge in [0, 0.05) is 48.2 Å². The van der Waals surface area contributed by atoms with Crippen molar-refractivity contribution in [3.05, 3.63) is 0 Å². The van der Waals surface area contributed by atoms with Gasteiger partial charge < -0.3 is 30.4 Å². The van der Waals surface area contributed by atoms with E-state index in [4.69, 9.17) is 0 Å². The lowest BCUT2D eigenvalue weighted by Gasteiger charge is -2.33. The summed E-state index contributed by atoms with van der Waals surface area (Å²) in [5, 5.41) is 27.9. The van der Waals surface area contributed by atoms with Crippen molar-refractivity contribution in [2.45, 2.75) is 64.3 Å². The molecule has 0 spiro atoms. The van der Waals surface area contributed by atoms with Crippen LogP contribution in [0.25, 0.3) is 0 Å². The number of rotatable bonds is 7. The molecular weight excluding hydrogens is 352 g/mol. The highest BCUT2D eigenvalue weighted by molar-refractivity contribution is 5.85. The largest absolute Gasteiger partial charge is 0.550 e. The monoisotopic (exact) mass is 380 g/mol. The van der Waals surface area contributed by atoms with Crippen LogP contribution in [0.15, 0.2) is 0 Å². The van der Waals surface area contributed by atoms with Gasteiger partial charge in [0.05, 0.1) is 0 Å². The van der Waals surface area contributed by atoms with Crippen molar-refractivity contribution in [2.24, 2.45) is 23.7 Å². The highest BCUT2D eigenvalue weighted by Gasteiger charge is 2.33. The van der Waals surface area contributed by atoms with Crippen molar-refractivity contribution in [3.63, 3.8) is 0 Å². The maximum Gasteiger partial charge on any atom is 0.224 e. The van der Waals surface area contributed by atoms with Gasteiger partial charge in [0.1, 0.15) is 0 Å². The normalized spacial score (nSPS) is 29.4. The predicted octanol–water partition coefficient (Wildman–Crippen LogP) is -1.28. The van der Waals surface area contributed by atoms with Crippen LogP contribution < -0.4 is 20.8 Å². The quantitative estimate of drug-likeness (QED) is 0.564. The van der Waals surface area contributed by atoms with Crippen LogP contribution in [-0.4, -0.2) is 36.3 Å². The molecule has 2 saturated carbocycles. The van der Waals surface area contributed by atoms with E-state index >= 15 is 0 Å². The molecule has 0 bridgehead atoms. The molecule has 2 N–H and O–H groups in total. The third kappa shape index (κ3) is 5.68.